The minimum Gasteiger partial charge on any atom is -0.497 e. The van der Waals surface area contributed by atoms with Gasteiger partial charge in [-0.2, -0.15) is 0 Å². The van der Waals surface area contributed by atoms with Crippen molar-refractivity contribution in [2.75, 3.05) is 20.2 Å². The summed E-state index contributed by atoms with van der Waals surface area (Å²) in [6.07, 6.45) is 7.80. The van der Waals surface area contributed by atoms with Crippen LogP contribution in [0.25, 0.3) is 22.2 Å². The minimum absolute atomic E-state index is 0.0806. The van der Waals surface area contributed by atoms with Gasteiger partial charge in [-0.05, 0) is 87.0 Å². The Balaban J connectivity index is 1.32. The number of nitrogens with one attached hydrogen (secondary N) is 1. The number of carbonyl (C=O) groups excluding carboxylic acids is 2. The number of aromatic nitrogens is 1. The van der Waals surface area contributed by atoms with Gasteiger partial charge < -0.3 is 14.2 Å². The molecule has 46 heavy (non-hydrogen) atoms. The van der Waals surface area contributed by atoms with E-state index >= 15 is 0 Å². The number of hydrogen-bond acceptors (Lipinski definition) is 6. The summed E-state index contributed by atoms with van der Waals surface area (Å²) in [7, 11) is -2.10. The van der Waals surface area contributed by atoms with Crippen molar-refractivity contribution in [3.8, 4) is 17.0 Å². The summed E-state index contributed by atoms with van der Waals surface area (Å²) in [5.41, 5.74) is 5.38. The molecule has 0 radical (unpaired) electrons. The Morgan fingerprint density at radius 1 is 1.09 bits per heavy atom. The van der Waals surface area contributed by atoms with Crippen molar-refractivity contribution < 1.29 is 22.7 Å². The van der Waals surface area contributed by atoms with Gasteiger partial charge >= 0.3 is 0 Å². The van der Waals surface area contributed by atoms with Crippen LogP contribution >= 0.6 is 0 Å². The molecular formula is C36H44N4O5S. The summed E-state index contributed by atoms with van der Waals surface area (Å²) in [4.78, 5) is 32.7. The highest BCUT2D eigenvalue weighted by atomic mass is 32.2. The van der Waals surface area contributed by atoms with Crippen LogP contribution in [0.15, 0.2) is 36.4 Å². The second kappa shape index (κ2) is 10.6. The van der Waals surface area contributed by atoms with Gasteiger partial charge in [0.25, 0.3) is 5.91 Å². The van der Waals surface area contributed by atoms with Crippen LogP contribution in [0, 0.1) is 5.41 Å². The van der Waals surface area contributed by atoms with Crippen molar-refractivity contribution in [1.82, 2.24) is 19.1 Å². The normalized spacial score (nSPS) is 27.1. The van der Waals surface area contributed by atoms with Crippen LogP contribution in [0.1, 0.15) is 99.0 Å². The summed E-state index contributed by atoms with van der Waals surface area (Å²) in [5.74, 6) is 0.860. The highest BCUT2D eigenvalue weighted by Crippen LogP contribution is 2.67. The number of sulfonamides is 1. The van der Waals surface area contributed by atoms with Gasteiger partial charge in [-0.15, -0.1) is 0 Å². The predicted molar refractivity (Wildman–Crippen MR) is 177 cm³/mol. The largest absolute Gasteiger partial charge is 0.497 e. The maximum atomic E-state index is 14.8. The summed E-state index contributed by atoms with van der Waals surface area (Å²) in [5, 5.41) is 0.365. The van der Waals surface area contributed by atoms with Gasteiger partial charge in [0.05, 0.1) is 29.6 Å². The molecule has 5 heterocycles. The quantitative estimate of drug-likeness (QED) is 0.361. The Hall–Kier alpha value is -3.37. The second-order valence-corrected chi connectivity index (χ2v) is 16.7. The van der Waals surface area contributed by atoms with Crippen LogP contribution < -0.4 is 9.46 Å². The van der Waals surface area contributed by atoms with E-state index < -0.39 is 26.6 Å². The van der Waals surface area contributed by atoms with E-state index in [-0.39, 0.29) is 24.0 Å². The van der Waals surface area contributed by atoms with Crippen LogP contribution in [-0.4, -0.2) is 72.3 Å². The standard InChI is InChI=1S/C36H44N4O5S/c1-5-38-19-24-16-31(38)40(24)35(42)36-18-29(36)28-17-25(45-4)12-14-26(28)33-32(22-9-7-6-8-10-22)27-13-11-23(15-30(27)39(33)20-36)34(41)37-46(43,44)21(2)3/h11-15,17,21-22,24,29,31H,5-10,16,18-20H2,1-4H3,(H,37,41). The maximum Gasteiger partial charge on any atom is 0.264 e. The Labute approximate surface area is 271 Å². The molecule has 2 saturated carbocycles. The van der Waals surface area contributed by atoms with E-state index in [4.69, 9.17) is 4.74 Å². The number of amides is 2. The van der Waals surface area contributed by atoms with Crippen molar-refractivity contribution in [1.29, 1.82) is 0 Å². The van der Waals surface area contributed by atoms with Gasteiger partial charge in [0.1, 0.15) is 5.75 Å². The third kappa shape index (κ3) is 4.31. The number of fused-ring (bicyclic) bond motifs is 8. The first kappa shape index (κ1) is 30.0. The van der Waals surface area contributed by atoms with Crippen LogP contribution in [-0.2, 0) is 21.4 Å². The Morgan fingerprint density at radius 2 is 1.87 bits per heavy atom. The molecule has 4 atom stereocenters. The molecule has 5 fully saturated rings. The number of nitrogens with zero attached hydrogens (tertiary/aromatic N) is 3. The first-order valence-corrected chi connectivity index (χ1v) is 18.6. The molecule has 9 nitrogen and oxygen atoms in total. The van der Waals surface area contributed by atoms with E-state index in [1.807, 2.05) is 18.2 Å². The van der Waals surface area contributed by atoms with E-state index in [0.717, 1.165) is 66.7 Å². The smallest absolute Gasteiger partial charge is 0.264 e. The van der Waals surface area contributed by atoms with E-state index in [1.165, 1.54) is 30.4 Å². The monoisotopic (exact) mass is 644 g/mol. The fourth-order valence-corrected chi connectivity index (χ4v) is 9.69. The zero-order valence-corrected chi connectivity index (χ0v) is 28.0. The lowest BCUT2D eigenvalue weighted by Gasteiger charge is -2.43. The molecule has 3 aromatic rings. The summed E-state index contributed by atoms with van der Waals surface area (Å²) >= 11 is 0. The van der Waals surface area contributed by atoms with E-state index in [9.17, 15) is 18.0 Å². The molecular weight excluding hydrogens is 600 g/mol. The lowest BCUT2D eigenvalue weighted by Crippen LogP contribution is -2.57. The third-order valence-electron chi connectivity index (χ3n) is 11.8. The van der Waals surface area contributed by atoms with Crippen molar-refractivity contribution >= 4 is 32.7 Å². The van der Waals surface area contributed by atoms with Gasteiger partial charge in [-0.3, -0.25) is 14.5 Å². The summed E-state index contributed by atoms with van der Waals surface area (Å²) < 4.78 is 35.6. The van der Waals surface area contributed by atoms with Crippen LogP contribution in [0.4, 0.5) is 0 Å². The number of rotatable bonds is 7. The molecule has 4 unspecified atom stereocenters. The number of ether oxygens (including phenoxy) is 1. The molecule has 4 aliphatic heterocycles. The SMILES string of the molecule is CCN1CC2CC1N2C(=O)C12CC1c1cc(OC)ccc1-c1c(C3CCCCC3)c3ccc(C(=O)NS(=O)(=O)C(C)C)cc3n1C2. The molecule has 244 valence electrons. The molecule has 6 aliphatic rings. The van der Waals surface area contributed by atoms with E-state index in [0.29, 0.717) is 18.0 Å². The van der Waals surface area contributed by atoms with Gasteiger partial charge in [0.2, 0.25) is 15.9 Å². The van der Waals surface area contributed by atoms with Gasteiger partial charge in [0, 0.05) is 53.5 Å². The minimum atomic E-state index is -3.79. The van der Waals surface area contributed by atoms with Crippen molar-refractivity contribution in [2.45, 2.75) is 102 Å². The lowest BCUT2D eigenvalue weighted by molar-refractivity contribution is -0.149. The van der Waals surface area contributed by atoms with Gasteiger partial charge in [-0.25, -0.2) is 13.1 Å². The zero-order valence-electron chi connectivity index (χ0n) is 27.2. The molecule has 2 bridgehead atoms. The number of likely N-dealkylation sites (N-methyl/N-ethyl adjacent to an activating group) is 1. The Kier molecular flexibility index (Phi) is 6.89. The number of hydrogen-bond donors (Lipinski definition) is 1. The van der Waals surface area contributed by atoms with Crippen molar-refractivity contribution in [2.24, 2.45) is 5.41 Å². The fourth-order valence-electron chi connectivity index (χ4n) is 9.08. The number of carbonyl (C=O) groups is 2. The molecule has 2 aliphatic carbocycles. The number of benzene rings is 2. The fraction of sp³-hybridized carbons (Fsp3) is 0.556. The second-order valence-electron chi connectivity index (χ2n) is 14.5. The topological polar surface area (TPSA) is 101 Å². The highest BCUT2D eigenvalue weighted by molar-refractivity contribution is 7.90. The average Bonchev–Trinajstić information content (AvgIpc) is 3.31. The molecule has 3 saturated heterocycles. The Bertz CT molecular complexity index is 1880. The molecule has 2 aromatic carbocycles. The molecule has 10 heteroatoms. The van der Waals surface area contributed by atoms with E-state index in [2.05, 4.69) is 38.1 Å². The zero-order chi connectivity index (χ0) is 32.1. The highest BCUT2D eigenvalue weighted by Gasteiger charge is 2.67. The number of methoxy groups -OCH3 is 1. The molecule has 2 amide bonds. The first-order valence-electron chi connectivity index (χ1n) is 17.0. The molecule has 0 spiro atoms. The van der Waals surface area contributed by atoms with Crippen LogP contribution in [0.2, 0.25) is 0 Å². The van der Waals surface area contributed by atoms with E-state index in [1.54, 1.807) is 27.0 Å². The first-order chi connectivity index (χ1) is 22.1. The molecule has 9 rings (SSSR count). The van der Waals surface area contributed by atoms with Crippen LogP contribution in [0.5, 0.6) is 5.75 Å². The molecule has 1 N–H and O–H groups in total. The maximum absolute atomic E-state index is 14.8. The third-order valence-corrected chi connectivity index (χ3v) is 13.5. The summed E-state index contributed by atoms with van der Waals surface area (Å²) in [6, 6.07) is 12.2. The lowest BCUT2D eigenvalue weighted by atomic mass is 9.81. The van der Waals surface area contributed by atoms with Gasteiger partial charge in [0.15, 0.2) is 0 Å². The predicted octanol–water partition coefficient (Wildman–Crippen LogP) is 5.58. The Morgan fingerprint density at radius 3 is 2.57 bits per heavy atom. The van der Waals surface area contributed by atoms with Crippen LogP contribution in [0.3, 0.4) is 0 Å². The molecule has 1 aromatic heterocycles. The average molecular weight is 645 g/mol. The summed E-state index contributed by atoms with van der Waals surface area (Å²) in [6.45, 7) is 7.70. The van der Waals surface area contributed by atoms with Gasteiger partial charge in [-0.1, -0.05) is 32.3 Å². The van der Waals surface area contributed by atoms with Crippen molar-refractivity contribution in [3.05, 3.63) is 53.1 Å². The van der Waals surface area contributed by atoms with Crippen molar-refractivity contribution in [3.63, 3.8) is 0 Å².